The second-order valence-electron chi connectivity index (χ2n) is 4.11. The van der Waals surface area contributed by atoms with E-state index in [0.717, 1.165) is 5.56 Å². The van der Waals surface area contributed by atoms with Crippen LogP contribution < -0.4 is 5.32 Å². The van der Waals surface area contributed by atoms with Crippen LogP contribution in [-0.2, 0) is 11.2 Å². The van der Waals surface area contributed by atoms with Gasteiger partial charge in [-0.15, -0.1) is 0 Å². The maximum Gasteiger partial charge on any atom is 0.228 e. The Balaban J connectivity index is 2.12. The molecule has 5 heteroatoms. The average molecular weight is 279 g/mol. The minimum absolute atomic E-state index is 0.0443. The number of benzene rings is 1. The van der Waals surface area contributed by atoms with Gasteiger partial charge in [-0.1, -0.05) is 29.8 Å². The number of carbonyl (C=O) groups excluding carboxylic acids is 1. The van der Waals surface area contributed by atoms with E-state index in [9.17, 15) is 9.18 Å². The van der Waals surface area contributed by atoms with Crippen molar-refractivity contribution < 1.29 is 9.18 Å². The molecule has 0 saturated heterocycles. The van der Waals surface area contributed by atoms with E-state index in [1.54, 1.807) is 30.5 Å². The summed E-state index contributed by atoms with van der Waals surface area (Å²) in [5.41, 5.74) is 1.62. The van der Waals surface area contributed by atoms with Crippen LogP contribution in [0.5, 0.6) is 0 Å². The molecule has 1 N–H and O–H groups in total. The highest BCUT2D eigenvalue weighted by atomic mass is 35.5. The first-order chi connectivity index (χ1) is 9.08. The smallest absolute Gasteiger partial charge is 0.228 e. The molecule has 1 heterocycles. The van der Waals surface area contributed by atoms with Crippen LogP contribution in [0.25, 0.3) is 0 Å². The maximum absolute atomic E-state index is 13.4. The van der Waals surface area contributed by atoms with Gasteiger partial charge >= 0.3 is 0 Å². The molecule has 0 bridgehead atoms. The summed E-state index contributed by atoms with van der Waals surface area (Å²) in [4.78, 5) is 15.8. The lowest BCUT2D eigenvalue weighted by Gasteiger charge is -2.09. The lowest BCUT2D eigenvalue weighted by Crippen LogP contribution is -2.16. The van der Waals surface area contributed by atoms with Crippen molar-refractivity contribution in [3.05, 3.63) is 58.6 Å². The summed E-state index contributed by atoms with van der Waals surface area (Å²) >= 11 is 5.91. The zero-order valence-electron chi connectivity index (χ0n) is 10.3. The summed E-state index contributed by atoms with van der Waals surface area (Å²) in [5.74, 6) is -0.727. The Bertz CT molecular complexity index is 596. The van der Waals surface area contributed by atoms with E-state index in [1.165, 1.54) is 6.07 Å². The molecule has 2 rings (SSSR count). The van der Waals surface area contributed by atoms with E-state index in [0.29, 0.717) is 11.3 Å². The zero-order valence-corrected chi connectivity index (χ0v) is 11.0. The standard InChI is InChI=1S/C14H12ClFN2O/c1-9-6-7-17-14(15)13(9)18-12(19)8-10-4-2-3-5-11(10)16/h2-7H,8H2,1H3,(H,18,19). The number of pyridine rings is 1. The van der Waals surface area contributed by atoms with Gasteiger partial charge in [0.1, 0.15) is 5.82 Å². The molecule has 0 aliphatic carbocycles. The van der Waals surface area contributed by atoms with Crippen LogP contribution in [0.1, 0.15) is 11.1 Å². The Morgan fingerprint density at radius 1 is 1.37 bits per heavy atom. The number of amides is 1. The number of halogens is 2. The Morgan fingerprint density at radius 3 is 2.79 bits per heavy atom. The first-order valence-corrected chi connectivity index (χ1v) is 6.10. The van der Waals surface area contributed by atoms with Crippen molar-refractivity contribution >= 4 is 23.2 Å². The summed E-state index contributed by atoms with van der Waals surface area (Å²) in [7, 11) is 0. The SMILES string of the molecule is Cc1ccnc(Cl)c1NC(=O)Cc1ccccc1F. The predicted octanol–water partition coefficient (Wildman–Crippen LogP) is 3.36. The average Bonchev–Trinajstić information content (AvgIpc) is 2.37. The monoisotopic (exact) mass is 278 g/mol. The number of nitrogens with one attached hydrogen (secondary N) is 1. The third-order valence-corrected chi connectivity index (χ3v) is 2.97. The van der Waals surface area contributed by atoms with Crippen LogP contribution in [0, 0.1) is 12.7 Å². The molecular weight excluding hydrogens is 267 g/mol. The summed E-state index contributed by atoms with van der Waals surface area (Å²) in [6, 6.07) is 7.91. The molecule has 0 fully saturated rings. The number of aromatic nitrogens is 1. The van der Waals surface area contributed by atoms with E-state index in [-0.39, 0.29) is 17.5 Å². The largest absolute Gasteiger partial charge is 0.323 e. The van der Waals surface area contributed by atoms with Crippen molar-refractivity contribution in [2.24, 2.45) is 0 Å². The number of hydrogen-bond acceptors (Lipinski definition) is 2. The third kappa shape index (κ3) is 3.29. The second-order valence-corrected chi connectivity index (χ2v) is 4.47. The van der Waals surface area contributed by atoms with Crippen LogP contribution in [0.3, 0.4) is 0 Å². The molecule has 1 amide bonds. The Morgan fingerprint density at radius 2 is 2.11 bits per heavy atom. The highest BCUT2D eigenvalue weighted by Gasteiger charge is 2.11. The fraction of sp³-hybridized carbons (Fsp3) is 0.143. The molecule has 1 aromatic carbocycles. The molecule has 0 radical (unpaired) electrons. The summed E-state index contributed by atoms with van der Waals surface area (Å²) in [6.07, 6.45) is 1.52. The van der Waals surface area contributed by atoms with Crippen LogP contribution in [-0.4, -0.2) is 10.9 Å². The zero-order chi connectivity index (χ0) is 13.8. The molecule has 19 heavy (non-hydrogen) atoms. The highest BCUT2D eigenvalue weighted by Crippen LogP contribution is 2.23. The normalized spacial score (nSPS) is 10.3. The number of nitrogens with zero attached hydrogens (tertiary/aromatic N) is 1. The first-order valence-electron chi connectivity index (χ1n) is 5.72. The summed E-state index contributed by atoms with van der Waals surface area (Å²) in [6.45, 7) is 1.81. The van der Waals surface area contributed by atoms with Crippen LogP contribution in [0.2, 0.25) is 5.15 Å². The number of hydrogen-bond donors (Lipinski definition) is 1. The van der Waals surface area contributed by atoms with E-state index < -0.39 is 5.82 Å². The van der Waals surface area contributed by atoms with Crippen molar-refractivity contribution in [3.8, 4) is 0 Å². The van der Waals surface area contributed by atoms with Gasteiger partial charge in [0.05, 0.1) is 12.1 Å². The molecule has 1 aromatic heterocycles. The first kappa shape index (κ1) is 13.5. The highest BCUT2D eigenvalue weighted by molar-refractivity contribution is 6.32. The quantitative estimate of drug-likeness (QED) is 0.875. The van der Waals surface area contributed by atoms with Gasteiger partial charge < -0.3 is 5.32 Å². The number of anilines is 1. The molecule has 0 spiro atoms. The second kappa shape index (κ2) is 5.80. The van der Waals surface area contributed by atoms with Gasteiger partial charge in [0, 0.05) is 6.20 Å². The summed E-state index contributed by atoms with van der Waals surface area (Å²) in [5, 5.41) is 2.88. The van der Waals surface area contributed by atoms with E-state index >= 15 is 0 Å². The number of rotatable bonds is 3. The lowest BCUT2D eigenvalue weighted by atomic mass is 10.1. The van der Waals surface area contributed by atoms with Gasteiger partial charge in [0.25, 0.3) is 0 Å². The predicted molar refractivity (Wildman–Crippen MR) is 72.7 cm³/mol. The molecule has 0 saturated carbocycles. The van der Waals surface area contributed by atoms with Crippen LogP contribution in [0.15, 0.2) is 36.5 Å². The molecule has 0 aliphatic rings. The van der Waals surface area contributed by atoms with Gasteiger partial charge in [-0.3, -0.25) is 4.79 Å². The Labute approximate surface area is 115 Å². The molecule has 0 aliphatic heterocycles. The molecular formula is C14H12ClFN2O. The minimum Gasteiger partial charge on any atom is -0.323 e. The van der Waals surface area contributed by atoms with E-state index in [4.69, 9.17) is 11.6 Å². The van der Waals surface area contributed by atoms with Gasteiger partial charge in [-0.2, -0.15) is 0 Å². The van der Waals surface area contributed by atoms with Gasteiger partial charge in [0.2, 0.25) is 5.91 Å². The molecule has 3 nitrogen and oxygen atoms in total. The number of carbonyl (C=O) groups is 1. The van der Waals surface area contributed by atoms with Crippen LogP contribution in [0.4, 0.5) is 10.1 Å². The van der Waals surface area contributed by atoms with Crippen molar-refractivity contribution in [3.63, 3.8) is 0 Å². The lowest BCUT2D eigenvalue weighted by molar-refractivity contribution is -0.115. The van der Waals surface area contributed by atoms with Crippen LogP contribution >= 0.6 is 11.6 Å². The molecule has 0 atom stereocenters. The Kier molecular flexibility index (Phi) is 4.12. The van der Waals surface area contributed by atoms with E-state index in [1.807, 2.05) is 6.92 Å². The number of aryl methyl sites for hydroxylation is 1. The molecule has 2 aromatic rings. The third-order valence-electron chi connectivity index (χ3n) is 2.69. The molecule has 0 unspecified atom stereocenters. The Hall–Kier alpha value is -1.94. The molecule has 98 valence electrons. The van der Waals surface area contributed by atoms with E-state index in [2.05, 4.69) is 10.3 Å². The van der Waals surface area contributed by atoms with Crippen molar-refractivity contribution in [1.82, 2.24) is 4.98 Å². The summed E-state index contributed by atoms with van der Waals surface area (Å²) < 4.78 is 13.4. The van der Waals surface area contributed by atoms with Gasteiger partial charge in [0.15, 0.2) is 5.15 Å². The minimum atomic E-state index is -0.397. The maximum atomic E-state index is 13.4. The van der Waals surface area contributed by atoms with Gasteiger partial charge in [-0.05, 0) is 30.2 Å². The van der Waals surface area contributed by atoms with Gasteiger partial charge in [-0.25, -0.2) is 9.37 Å². The van der Waals surface area contributed by atoms with Crippen molar-refractivity contribution in [1.29, 1.82) is 0 Å². The topological polar surface area (TPSA) is 42.0 Å². The fourth-order valence-electron chi connectivity index (χ4n) is 1.67. The van der Waals surface area contributed by atoms with Crippen molar-refractivity contribution in [2.75, 3.05) is 5.32 Å². The fourth-order valence-corrected chi connectivity index (χ4v) is 1.93. The van der Waals surface area contributed by atoms with Crippen molar-refractivity contribution in [2.45, 2.75) is 13.3 Å².